The standard InChI is InChI=1S/C23H26N2O3/c1-4-27-19-8-5-17(6-9-19)23-12-21(26)20-11-18(7-10-22(20)28-23)25-13-15(2)24-16(3)14-25/h5-12,15-16,24H,4,13-14H2,1-3H3/t15-,16?/m0/s1. The summed E-state index contributed by atoms with van der Waals surface area (Å²) >= 11 is 0. The van der Waals surface area contributed by atoms with Crippen LogP contribution in [-0.2, 0) is 0 Å². The number of nitrogens with one attached hydrogen (secondary N) is 1. The molecule has 2 heterocycles. The van der Waals surface area contributed by atoms with Crippen molar-refractivity contribution in [2.75, 3.05) is 24.6 Å². The second-order valence-corrected chi connectivity index (χ2v) is 7.49. The zero-order chi connectivity index (χ0) is 19.7. The number of rotatable bonds is 4. The molecule has 3 aromatic rings. The Hall–Kier alpha value is -2.79. The van der Waals surface area contributed by atoms with Gasteiger partial charge in [-0.2, -0.15) is 0 Å². The van der Waals surface area contributed by atoms with E-state index in [2.05, 4.69) is 24.1 Å². The molecule has 4 rings (SSSR count). The molecule has 0 radical (unpaired) electrons. The minimum Gasteiger partial charge on any atom is -0.494 e. The van der Waals surface area contributed by atoms with Crippen molar-refractivity contribution in [3.05, 3.63) is 58.8 Å². The molecule has 1 aromatic heterocycles. The van der Waals surface area contributed by atoms with Gasteiger partial charge in [-0.05, 0) is 63.2 Å². The third-order valence-corrected chi connectivity index (χ3v) is 5.08. The summed E-state index contributed by atoms with van der Waals surface area (Å²) in [6, 6.07) is 15.9. The van der Waals surface area contributed by atoms with Gasteiger partial charge in [-0.15, -0.1) is 0 Å². The van der Waals surface area contributed by atoms with Crippen LogP contribution in [0.3, 0.4) is 0 Å². The van der Waals surface area contributed by atoms with E-state index < -0.39 is 0 Å². The van der Waals surface area contributed by atoms with Crippen LogP contribution >= 0.6 is 0 Å². The summed E-state index contributed by atoms with van der Waals surface area (Å²) in [7, 11) is 0. The fourth-order valence-electron chi connectivity index (χ4n) is 3.90. The first-order valence-electron chi connectivity index (χ1n) is 9.85. The van der Waals surface area contributed by atoms with Gasteiger partial charge in [0.15, 0.2) is 5.43 Å². The second kappa shape index (κ2) is 7.68. The lowest BCUT2D eigenvalue weighted by Crippen LogP contribution is -2.54. The molecule has 5 heteroatoms. The Morgan fingerprint density at radius 2 is 1.79 bits per heavy atom. The van der Waals surface area contributed by atoms with E-state index in [1.54, 1.807) is 6.07 Å². The Bertz CT molecular complexity index is 1020. The van der Waals surface area contributed by atoms with E-state index in [-0.39, 0.29) is 5.43 Å². The average molecular weight is 378 g/mol. The van der Waals surface area contributed by atoms with Gasteiger partial charge < -0.3 is 19.4 Å². The minimum atomic E-state index is -0.0248. The predicted molar refractivity (Wildman–Crippen MR) is 113 cm³/mol. The summed E-state index contributed by atoms with van der Waals surface area (Å²) in [6.45, 7) is 8.78. The highest BCUT2D eigenvalue weighted by Crippen LogP contribution is 2.27. The Morgan fingerprint density at radius 1 is 1.07 bits per heavy atom. The third-order valence-electron chi connectivity index (χ3n) is 5.08. The van der Waals surface area contributed by atoms with E-state index in [1.807, 2.05) is 49.4 Å². The quantitative estimate of drug-likeness (QED) is 0.742. The Balaban J connectivity index is 1.67. The topological polar surface area (TPSA) is 54.7 Å². The number of hydrogen-bond donors (Lipinski definition) is 1. The Morgan fingerprint density at radius 3 is 2.46 bits per heavy atom. The van der Waals surface area contributed by atoms with E-state index in [1.165, 1.54) is 0 Å². The normalized spacial score (nSPS) is 19.8. The van der Waals surface area contributed by atoms with Gasteiger partial charge in [-0.3, -0.25) is 4.79 Å². The smallest absolute Gasteiger partial charge is 0.193 e. The summed E-state index contributed by atoms with van der Waals surface area (Å²) in [5.74, 6) is 1.37. The van der Waals surface area contributed by atoms with Crippen LogP contribution in [0.4, 0.5) is 5.69 Å². The summed E-state index contributed by atoms with van der Waals surface area (Å²) in [5, 5.41) is 4.15. The summed E-state index contributed by atoms with van der Waals surface area (Å²) in [5.41, 5.74) is 2.50. The molecule has 1 fully saturated rings. The monoisotopic (exact) mass is 378 g/mol. The molecule has 0 spiro atoms. The van der Waals surface area contributed by atoms with Crippen molar-refractivity contribution in [1.29, 1.82) is 0 Å². The van der Waals surface area contributed by atoms with Crippen molar-refractivity contribution < 1.29 is 9.15 Å². The summed E-state index contributed by atoms with van der Waals surface area (Å²) in [6.07, 6.45) is 0. The predicted octanol–water partition coefficient (Wildman–Crippen LogP) is 4.05. The van der Waals surface area contributed by atoms with Crippen LogP contribution in [-0.4, -0.2) is 31.8 Å². The van der Waals surface area contributed by atoms with Crippen molar-refractivity contribution in [1.82, 2.24) is 5.32 Å². The lowest BCUT2D eigenvalue weighted by molar-refractivity contribution is 0.340. The Labute approximate surface area is 164 Å². The van der Waals surface area contributed by atoms with Crippen molar-refractivity contribution in [2.45, 2.75) is 32.9 Å². The SMILES string of the molecule is CCOc1ccc(-c2cc(=O)c3cc(N4CC(C)N[C@@H](C)C4)ccc3o2)cc1. The van der Waals surface area contributed by atoms with E-state index in [4.69, 9.17) is 9.15 Å². The first-order chi connectivity index (χ1) is 13.5. The van der Waals surface area contributed by atoms with Crippen molar-refractivity contribution in [3.8, 4) is 17.1 Å². The molecule has 1 aliphatic rings. The van der Waals surface area contributed by atoms with Gasteiger partial charge in [0.1, 0.15) is 17.1 Å². The van der Waals surface area contributed by atoms with Crippen LogP contribution in [0.2, 0.25) is 0 Å². The maximum Gasteiger partial charge on any atom is 0.193 e. The molecule has 1 aliphatic heterocycles. The highest BCUT2D eigenvalue weighted by Gasteiger charge is 2.21. The molecule has 0 bridgehead atoms. The number of fused-ring (bicyclic) bond motifs is 1. The molecule has 0 saturated carbocycles. The molecule has 1 saturated heterocycles. The number of ether oxygens (including phenoxy) is 1. The molecular formula is C23H26N2O3. The molecule has 28 heavy (non-hydrogen) atoms. The summed E-state index contributed by atoms with van der Waals surface area (Å²) < 4.78 is 11.5. The molecule has 5 nitrogen and oxygen atoms in total. The van der Waals surface area contributed by atoms with Crippen molar-refractivity contribution in [3.63, 3.8) is 0 Å². The van der Waals surface area contributed by atoms with E-state index >= 15 is 0 Å². The summed E-state index contributed by atoms with van der Waals surface area (Å²) in [4.78, 5) is 15.1. The molecular weight excluding hydrogens is 352 g/mol. The van der Waals surface area contributed by atoms with Crippen LogP contribution in [0.25, 0.3) is 22.3 Å². The number of hydrogen-bond acceptors (Lipinski definition) is 5. The van der Waals surface area contributed by atoms with Crippen LogP contribution in [0.1, 0.15) is 20.8 Å². The number of anilines is 1. The number of nitrogens with zero attached hydrogens (tertiary/aromatic N) is 1. The van der Waals surface area contributed by atoms with Crippen molar-refractivity contribution >= 4 is 16.7 Å². The van der Waals surface area contributed by atoms with Gasteiger partial charge in [0.05, 0.1) is 12.0 Å². The molecule has 0 aliphatic carbocycles. The van der Waals surface area contributed by atoms with Gasteiger partial charge in [-0.1, -0.05) is 0 Å². The van der Waals surface area contributed by atoms with Crippen molar-refractivity contribution in [2.24, 2.45) is 0 Å². The fraction of sp³-hybridized carbons (Fsp3) is 0.348. The molecule has 0 amide bonds. The maximum atomic E-state index is 12.8. The van der Waals surface area contributed by atoms with Crippen LogP contribution in [0.15, 0.2) is 57.7 Å². The third kappa shape index (κ3) is 3.76. The Kier molecular flexibility index (Phi) is 5.09. The first kappa shape index (κ1) is 18.6. The first-order valence-corrected chi connectivity index (χ1v) is 9.85. The highest BCUT2D eigenvalue weighted by atomic mass is 16.5. The van der Waals surface area contributed by atoms with Crippen LogP contribution < -0.4 is 20.4 Å². The zero-order valence-electron chi connectivity index (χ0n) is 16.6. The van der Waals surface area contributed by atoms with E-state index in [0.717, 1.165) is 30.1 Å². The number of piperazine rings is 1. The van der Waals surface area contributed by atoms with E-state index in [0.29, 0.717) is 35.4 Å². The highest BCUT2D eigenvalue weighted by molar-refractivity contribution is 5.82. The second-order valence-electron chi connectivity index (χ2n) is 7.49. The molecule has 1 N–H and O–H groups in total. The number of benzene rings is 2. The van der Waals surface area contributed by atoms with Gasteiger partial charge in [0, 0.05) is 42.5 Å². The van der Waals surface area contributed by atoms with Gasteiger partial charge in [0.2, 0.25) is 0 Å². The maximum absolute atomic E-state index is 12.8. The van der Waals surface area contributed by atoms with Gasteiger partial charge in [-0.25, -0.2) is 0 Å². The fourth-order valence-corrected chi connectivity index (χ4v) is 3.90. The van der Waals surface area contributed by atoms with Gasteiger partial charge >= 0.3 is 0 Å². The zero-order valence-corrected chi connectivity index (χ0v) is 16.6. The molecule has 1 unspecified atom stereocenters. The molecule has 2 atom stereocenters. The van der Waals surface area contributed by atoms with Crippen LogP contribution in [0, 0.1) is 0 Å². The lowest BCUT2D eigenvalue weighted by Gasteiger charge is -2.37. The van der Waals surface area contributed by atoms with E-state index in [9.17, 15) is 4.79 Å². The van der Waals surface area contributed by atoms with Crippen LogP contribution in [0.5, 0.6) is 5.75 Å². The molecule has 2 aromatic carbocycles. The lowest BCUT2D eigenvalue weighted by atomic mass is 10.1. The average Bonchev–Trinajstić information content (AvgIpc) is 2.68. The minimum absolute atomic E-state index is 0.0248. The van der Waals surface area contributed by atoms with Gasteiger partial charge in [0.25, 0.3) is 0 Å². The largest absolute Gasteiger partial charge is 0.494 e. The molecule has 146 valence electrons.